The fraction of sp³-hybridized carbons (Fsp3) is 0.667. The summed E-state index contributed by atoms with van der Waals surface area (Å²) in [6, 6.07) is 2.11. The lowest BCUT2D eigenvalue weighted by Crippen LogP contribution is -2.47. The second-order valence-corrected chi connectivity index (χ2v) is 4.61. The normalized spacial score (nSPS) is 25.2. The highest BCUT2D eigenvalue weighted by atomic mass is 16.5. The van der Waals surface area contributed by atoms with Gasteiger partial charge in [0.15, 0.2) is 5.82 Å². The van der Waals surface area contributed by atoms with Crippen molar-refractivity contribution in [3.63, 3.8) is 0 Å². The van der Waals surface area contributed by atoms with E-state index in [4.69, 9.17) is 4.74 Å². The van der Waals surface area contributed by atoms with Crippen LogP contribution in [0.1, 0.15) is 20.3 Å². The SMILES string of the molecule is COc1cc(N2CCC(=O)C(C)C2C)nn1C. The van der Waals surface area contributed by atoms with Gasteiger partial charge in [-0.1, -0.05) is 6.92 Å². The maximum atomic E-state index is 11.6. The van der Waals surface area contributed by atoms with Crippen molar-refractivity contribution in [2.24, 2.45) is 13.0 Å². The van der Waals surface area contributed by atoms with Crippen molar-refractivity contribution in [2.75, 3.05) is 18.6 Å². The second kappa shape index (κ2) is 4.39. The summed E-state index contributed by atoms with van der Waals surface area (Å²) < 4.78 is 6.92. The zero-order valence-electron chi connectivity index (χ0n) is 10.8. The van der Waals surface area contributed by atoms with Gasteiger partial charge in [0.2, 0.25) is 5.88 Å². The second-order valence-electron chi connectivity index (χ2n) is 4.61. The summed E-state index contributed by atoms with van der Waals surface area (Å²) in [5.74, 6) is 2.03. The molecular formula is C12H19N3O2. The van der Waals surface area contributed by atoms with Crippen LogP contribution in [0.2, 0.25) is 0 Å². The van der Waals surface area contributed by atoms with E-state index < -0.39 is 0 Å². The van der Waals surface area contributed by atoms with Crippen molar-refractivity contribution in [1.82, 2.24) is 9.78 Å². The molecule has 17 heavy (non-hydrogen) atoms. The molecular weight excluding hydrogens is 218 g/mol. The Morgan fingerprint density at radius 1 is 1.47 bits per heavy atom. The van der Waals surface area contributed by atoms with Gasteiger partial charge in [-0.3, -0.25) is 4.79 Å². The lowest BCUT2D eigenvalue weighted by atomic mass is 9.91. The first-order valence-corrected chi connectivity index (χ1v) is 5.92. The minimum absolute atomic E-state index is 0.0664. The Morgan fingerprint density at radius 3 is 2.76 bits per heavy atom. The van der Waals surface area contributed by atoms with Gasteiger partial charge in [0.05, 0.1) is 7.11 Å². The van der Waals surface area contributed by atoms with Crippen LogP contribution in [0.15, 0.2) is 6.07 Å². The summed E-state index contributed by atoms with van der Waals surface area (Å²) >= 11 is 0. The third kappa shape index (κ3) is 2.01. The van der Waals surface area contributed by atoms with E-state index in [1.807, 2.05) is 20.0 Å². The number of Topliss-reactive ketones (excluding diaryl/α,β-unsaturated/α-hetero) is 1. The smallest absolute Gasteiger partial charge is 0.213 e. The average molecular weight is 237 g/mol. The Bertz CT molecular complexity index is 427. The number of ketones is 1. The van der Waals surface area contributed by atoms with Crippen LogP contribution in [0.3, 0.4) is 0 Å². The Balaban J connectivity index is 2.24. The molecule has 1 fully saturated rings. The van der Waals surface area contributed by atoms with E-state index in [-0.39, 0.29) is 12.0 Å². The number of rotatable bonds is 2. The third-order valence-electron chi connectivity index (χ3n) is 3.65. The van der Waals surface area contributed by atoms with Gasteiger partial charge in [0.1, 0.15) is 5.78 Å². The van der Waals surface area contributed by atoms with Crippen LogP contribution in [-0.4, -0.2) is 35.3 Å². The first-order chi connectivity index (χ1) is 8.04. The number of hydrogen-bond donors (Lipinski definition) is 0. The Kier molecular flexibility index (Phi) is 3.09. The van der Waals surface area contributed by atoms with Crippen LogP contribution in [0.5, 0.6) is 5.88 Å². The molecule has 0 radical (unpaired) electrons. The van der Waals surface area contributed by atoms with Gasteiger partial charge in [-0.15, -0.1) is 0 Å². The van der Waals surface area contributed by atoms with Gasteiger partial charge in [-0.05, 0) is 6.92 Å². The van der Waals surface area contributed by atoms with E-state index in [1.54, 1.807) is 11.8 Å². The standard InChI is InChI=1S/C12H19N3O2/c1-8-9(2)15(6-5-10(8)16)11-7-12(17-4)14(3)13-11/h7-9H,5-6H2,1-4H3. The van der Waals surface area contributed by atoms with Crippen molar-refractivity contribution in [3.05, 3.63) is 6.07 Å². The van der Waals surface area contributed by atoms with Gasteiger partial charge >= 0.3 is 0 Å². The molecule has 0 bridgehead atoms. The fourth-order valence-electron chi connectivity index (χ4n) is 2.29. The molecule has 1 aliphatic rings. The third-order valence-corrected chi connectivity index (χ3v) is 3.65. The first kappa shape index (κ1) is 12.0. The molecule has 0 saturated carbocycles. The number of carbonyl (C=O) groups is 1. The number of aromatic nitrogens is 2. The summed E-state index contributed by atoms with van der Waals surface area (Å²) in [5.41, 5.74) is 0. The predicted octanol–water partition coefficient (Wildman–Crippen LogP) is 1.23. The molecule has 0 N–H and O–H groups in total. The quantitative estimate of drug-likeness (QED) is 0.776. The minimum Gasteiger partial charge on any atom is -0.481 e. The van der Waals surface area contributed by atoms with E-state index in [2.05, 4.69) is 16.9 Å². The summed E-state index contributed by atoms with van der Waals surface area (Å²) in [6.07, 6.45) is 0.602. The molecule has 2 atom stereocenters. The molecule has 5 heteroatoms. The number of aryl methyl sites for hydroxylation is 1. The molecule has 1 aromatic heterocycles. The topological polar surface area (TPSA) is 47.4 Å². The number of hydrogen-bond acceptors (Lipinski definition) is 4. The molecule has 0 aromatic carbocycles. The zero-order chi connectivity index (χ0) is 12.6. The van der Waals surface area contributed by atoms with Crippen LogP contribution in [0.25, 0.3) is 0 Å². The van der Waals surface area contributed by atoms with E-state index >= 15 is 0 Å². The van der Waals surface area contributed by atoms with Crippen molar-refractivity contribution in [3.8, 4) is 5.88 Å². The molecule has 2 rings (SSSR count). The molecule has 0 amide bonds. The molecule has 2 unspecified atom stereocenters. The molecule has 1 aliphatic heterocycles. The molecule has 1 aromatic rings. The Hall–Kier alpha value is -1.52. The van der Waals surface area contributed by atoms with Gasteiger partial charge in [0.25, 0.3) is 0 Å². The van der Waals surface area contributed by atoms with Crippen molar-refractivity contribution in [2.45, 2.75) is 26.3 Å². The van der Waals surface area contributed by atoms with E-state index in [0.29, 0.717) is 12.2 Å². The van der Waals surface area contributed by atoms with Crippen molar-refractivity contribution < 1.29 is 9.53 Å². The summed E-state index contributed by atoms with van der Waals surface area (Å²) in [6.45, 7) is 4.80. The van der Waals surface area contributed by atoms with Crippen LogP contribution in [0, 0.1) is 5.92 Å². The van der Waals surface area contributed by atoms with Crippen LogP contribution in [-0.2, 0) is 11.8 Å². The average Bonchev–Trinajstić information content (AvgIpc) is 2.67. The number of anilines is 1. The number of ether oxygens (including phenoxy) is 1. The predicted molar refractivity (Wildman–Crippen MR) is 65.4 cm³/mol. The van der Waals surface area contributed by atoms with Gasteiger partial charge in [0, 0.05) is 38.0 Å². The monoisotopic (exact) mass is 237 g/mol. The highest BCUT2D eigenvalue weighted by Crippen LogP contribution is 2.27. The zero-order valence-corrected chi connectivity index (χ0v) is 10.8. The number of nitrogens with zero attached hydrogens (tertiary/aromatic N) is 3. The fourth-order valence-corrected chi connectivity index (χ4v) is 2.29. The highest BCUT2D eigenvalue weighted by molar-refractivity contribution is 5.83. The number of carbonyl (C=O) groups excluding carboxylic acids is 1. The van der Waals surface area contributed by atoms with E-state index in [1.165, 1.54) is 0 Å². The maximum Gasteiger partial charge on any atom is 0.213 e. The Labute approximate surface area is 101 Å². The number of piperidine rings is 1. The number of methoxy groups -OCH3 is 1. The molecule has 94 valence electrons. The highest BCUT2D eigenvalue weighted by Gasteiger charge is 2.32. The van der Waals surface area contributed by atoms with Crippen molar-refractivity contribution in [1.29, 1.82) is 0 Å². The first-order valence-electron chi connectivity index (χ1n) is 5.92. The molecule has 2 heterocycles. The lowest BCUT2D eigenvalue weighted by molar-refractivity contribution is -0.123. The molecule has 0 aliphatic carbocycles. The largest absolute Gasteiger partial charge is 0.481 e. The van der Waals surface area contributed by atoms with Gasteiger partial charge in [-0.25, -0.2) is 4.68 Å². The van der Waals surface area contributed by atoms with Gasteiger partial charge in [-0.2, -0.15) is 5.10 Å². The molecule has 5 nitrogen and oxygen atoms in total. The van der Waals surface area contributed by atoms with Crippen molar-refractivity contribution >= 4 is 11.6 Å². The van der Waals surface area contributed by atoms with E-state index in [9.17, 15) is 4.79 Å². The molecule has 1 saturated heterocycles. The van der Waals surface area contributed by atoms with Crippen LogP contribution < -0.4 is 9.64 Å². The summed E-state index contributed by atoms with van der Waals surface area (Å²) in [5, 5.41) is 4.42. The minimum atomic E-state index is 0.0664. The van der Waals surface area contributed by atoms with Crippen LogP contribution >= 0.6 is 0 Å². The summed E-state index contributed by atoms with van der Waals surface area (Å²) in [7, 11) is 3.48. The lowest BCUT2D eigenvalue weighted by Gasteiger charge is -2.36. The Morgan fingerprint density at radius 2 is 2.18 bits per heavy atom. The van der Waals surface area contributed by atoms with Gasteiger partial charge < -0.3 is 9.64 Å². The van der Waals surface area contributed by atoms with E-state index in [0.717, 1.165) is 18.2 Å². The van der Waals surface area contributed by atoms with Crippen LogP contribution in [0.4, 0.5) is 5.82 Å². The maximum absolute atomic E-state index is 11.6. The summed E-state index contributed by atoms with van der Waals surface area (Å²) in [4.78, 5) is 13.8. The molecule has 0 spiro atoms.